The Morgan fingerprint density at radius 2 is 1.65 bits per heavy atom. The van der Waals surface area contributed by atoms with Gasteiger partial charge in [-0.05, 0) is 41.5 Å². The minimum Gasteiger partial charge on any atom is -0.341 e. The molecule has 0 aliphatic rings. The highest BCUT2D eigenvalue weighted by molar-refractivity contribution is 6.30. The molecule has 3 nitrogen and oxygen atoms in total. The third-order valence-electron chi connectivity index (χ3n) is 3.53. The summed E-state index contributed by atoms with van der Waals surface area (Å²) in [5.74, 6) is -0.130. The molecule has 3 aromatic rings. The van der Waals surface area contributed by atoms with E-state index in [9.17, 15) is 4.79 Å². The first-order chi connectivity index (χ1) is 11.2. The Hall–Kier alpha value is -2.65. The number of aromatic nitrogens is 1. The van der Waals surface area contributed by atoms with Crippen LogP contribution >= 0.6 is 11.6 Å². The molecule has 0 saturated carbocycles. The summed E-state index contributed by atoms with van der Waals surface area (Å²) in [6.45, 7) is 0. The second-order valence-electron chi connectivity index (χ2n) is 5.11. The Bertz CT molecular complexity index is 773. The lowest BCUT2D eigenvalue weighted by molar-refractivity contribution is 0.0943. The zero-order valence-corrected chi connectivity index (χ0v) is 13.1. The van der Waals surface area contributed by atoms with Crippen molar-refractivity contribution < 1.29 is 4.79 Å². The molecule has 0 spiro atoms. The molecule has 3 rings (SSSR count). The van der Waals surface area contributed by atoms with Gasteiger partial charge >= 0.3 is 0 Å². The van der Waals surface area contributed by atoms with E-state index in [0.29, 0.717) is 10.6 Å². The Kier molecular flexibility index (Phi) is 4.69. The van der Waals surface area contributed by atoms with Gasteiger partial charge < -0.3 is 5.32 Å². The molecule has 1 atom stereocenters. The normalized spacial score (nSPS) is 11.7. The van der Waals surface area contributed by atoms with Crippen molar-refractivity contribution >= 4 is 17.5 Å². The Morgan fingerprint density at radius 3 is 2.30 bits per heavy atom. The van der Waals surface area contributed by atoms with Gasteiger partial charge in [-0.25, -0.2) is 0 Å². The molecule has 0 aliphatic carbocycles. The van der Waals surface area contributed by atoms with E-state index in [0.717, 1.165) is 11.1 Å². The first-order valence-electron chi connectivity index (χ1n) is 7.25. The highest BCUT2D eigenvalue weighted by Gasteiger charge is 2.17. The van der Waals surface area contributed by atoms with Crippen LogP contribution < -0.4 is 5.32 Å². The molecule has 114 valence electrons. The number of pyridine rings is 1. The van der Waals surface area contributed by atoms with E-state index in [1.54, 1.807) is 24.5 Å². The molecule has 2 aromatic carbocycles. The minimum atomic E-state index is -0.284. The third kappa shape index (κ3) is 3.76. The summed E-state index contributed by atoms with van der Waals surface area (Å²) < 4.78 is 0. The van der Waals surface area contributed by atoms with Crippen LogP contribution in [0.25, 0.3) is 0 Å². The van der Waals surface area contributed by atoms with Gasteiger partial charge in [0, 0.05) is 23.0 Å². The zero-order chi connectivity index (χ0) is 16.1. The molecule has 4 heteroatoms. The first kappa shape index (κ1) is 15.3. The van der Waals surface area contributed by atoms with Crippen LogP contribution in [0.4, 0.5) is 0 Å². The summed E-state index contributed by atoms with van der Waals surface area (Å²) in [5, 5.41) is 3.72. The fourth-order valence-electron chi connectivity index (χ4n) is 2.37. The molecule has 0 saturated heterocycles. The van der Waals surface area contributed by atoms with Crippen LogP contribution in [0.3, 0.4) is 0 Å². The molecule has 1 aromatic heterocycles. The second kappa shape index (κ2) is 7.07. The molecule has 0 unspecified atom stereocenters. The van der Waals surface area contributed by atoms with Gasteiger partial charge in [0.15, 0.2) is 0 Å². The van der Waals surface area contributed by atoms with Gasteiger partial charge in [-0.15, -0.1) is 0 Å². The fraction of sp³-hybridized carbons (Fsp3) is 0.0526. The Balaban J connectivity index is 1.93. The van der Waals surface area contributed by atoms with Gasteiger partial charge in [0.25, 0.3) is 5.91 Å². The maximum Gasteiger partial charge on any atom is 0.252 e. The number of hydrogen-bond acceptors (Lipinski definition) is 2. The van der Waals surface area contributed by atoms with E-state index in [4.69, 9.17) is 11.6 Å². The topological polar surface area (TPSA) is 42.0 Å². The number of nitrogens with one attached hydrogen (secondary N) is 1. The third-order valence-corrected chi connectivity index (χ3v) is 3.78. The van der Waals surface area contributed by atoms with Crippen molar-refractivity contribution in [1.29, 1.82) is 0 Å². The van der Waals surface area contributed by atoms with E-state index >= 15 is 0 Å². The largest absolute Gasteiger partial charge is 0.341 e. The highest BCUT2D eigenvalue weighted by atomic mass is 35.5. The van der Waals surface area contributed by atoms with Crippen LogP contribution in [0.15, 0.2) is 79.1 Å². The van der Waals surface area contributed by atoms with Crippen LogP contribution in [-0.4, -0.2) is 10.9 Å². The van der Waals surface area contributed by atoms with E-state index in [1.165, 1.54) is 0 Å². The summed E-state index contributed by atoms with van der Waals surface area (Å²) in [5.41, 5.74) is 2.49. The first-order valence-corrected chi connectivity index (χ1v) is 7.63. The van der Waals surface area contributed by atoms with Crippen molar-refractivity contribution in [2.24, 2.45) is 0 Å². The van der Waals surface area contributed by atoms with E-state index < -0.39 is 0 Å². The number of carbonyl (C=O) groups is 1. The van der Waals surface area contributed by atoms with Gasteiger partial charge in [0.05, 0.1) is 6.04 Å². The standard InChI is InChI=1S/C19H15ClN2O/c20-17-10-8-14(9-11-17)18(16-7-4-12-21-13-16)22-19(23)15-5-2-1-3-6-15/h1-13,18H,(H,22,23)/t18-/m1/s1. The summed E-state index contributed by atoms with van der Waals surface area (Å²) in [4.78, 5) is 16.7. The second-order valence-corrected chi connectivity index (χ2v) is 5.55. The maximum absolute atomic E-state index is 12.5. The van der Waals surface area contributed by atoms with Crippen molar-refractivity contribution in [3.63, 3.8) is 0 Å². The molecule has 1 heterocycles. The molecular formula is C19H15ClN2O. The van der Waals surface area contributed by atoms with Crippen molar-refractivity contribution in [3.8, 4) is 0 Å². The van der Waals surface area contributed by atoms with Crippen molar-refractivity contribution in [2.75, 3.05) is 0 Å². The predicted octanol–water partition coefficient (Wildman–Crippen LogP) is 4.25. The lowest BCUT2D eigenvalue weighted by Crippen LogP contribution is -2.29. The van der Waals surface area contributed by atoms with E-state index in [1.807, 2.05) is 54.6 Å². The van der Waals surface area contributed by atoms with Gasteiger partial charge in [-0.1, -0.05) is 48.0 Å². The molecule has 0 aliphatic heterocycles. The fourth-order valence-corrected chi connectivity index (χ4v) is 2.49. The van der Waals surface area contributed by atoms with E-state index in [2.05, 4.69) is 10.3 Å². The van der Waals surface area contributed by atoms with Crippen molar-refractivity contribution in [3.05, 3.63) is 101 Å². The number of carbonyl (C=O) groups excluding carboxylic acids is 1. The summed E-state index contributed by atoms with van der Waals surface area (Å²) >= 11 is 5.96. The molecule has 0 radical (unpaired) electrons. The molecule has 23 heavy (non-hydrogen) atoms. The van der Waals surface area contributed by atoms with Gasteiger partial charge in [-0.2, -0.15) is 0 Å². The number of rotatable bonds is 4. The molecule has 0 fully saturated rings. The molecular weight excluding hydrogens is 308 g/mol. The minimum absolute atomic E-state index is 0.130. The zero-order valence-electron chi connectivity index (χ0n) is 12.3. The predicted molar refractivity (Wildman–Crippen MR) is 91.4 cm³/mol. The number of nitrogens with zero attached hydrogens (tertiary/aromatic N) is 1. The number of hydrogen-bond donors (Lipinski definition) is 1. The monoisotopic (exact) mass is 322 g/mol. The van der Waals surface area contributed by atoms with Crippen LogP contribution in [0.2, 0.25) is 5.02 Å². The molecule has 0 bridgehead atoms. The van der Waals surface area contributed by atoms with E-state index in [-0.39, 0.29) is 11.9 Å². The maximum atomic E-state index is 12.5. The SMILES string of the molecule is O=C(N[C@H](c1ccc(Cl)cc1)c1cccnc1)c1ccccc1. The van der Waals surface area contributed by atoms with Gasteiger partial charge in [0.1, 0.15) is 0 Å². The smallest absolute Gasteiger partial charge is 0.252 e. The Morgan fingerprint density at radius 1 is 0.913 bits per heavy atom. The number of benzene rings is 2. The van der Waals surface area contributed by atoms with Crippen molar-refractivity contribution in [2.45, 2.75) is 6.04 Å². The average molecular weight is 323 g/mol. The Labute approximate surface area is 140 Å². The van der Waals surface area contributed by atoms with Gasteiger partial charge in [0.2, 0.25) is 0 Å². The summed E-state index contributed by atoms with van der Waals surface area (Å²) in [6, 6.07) is 20.1. The van der Waals surface area contributed by atoms with Crippen LogP contribution in [0, 0.1) is 0 Å². The molecule has 1 N–H and O–H groups in total. The highest BCUT2D eigenvalue weighted by Crippen LogP contribution is 2.23. The number of amides is 1. The van der Waals surface area contributed by atoms with Crippen LogP contribution in [0.1, 0.15) is 27.5 Å². The summed E-state index contributed by atoms with van der Waals surface area (Å²) in [6.07, 6.45) is 3.46. The summed E-state index contributed by atoms with van der Waals surface area (Å²) in [7, 11) is 0. The molecule has 1 amide bonds. The van der Waals surface area contributed by atoms with Crippen molar-refractivity contribution in [1.82, 2.24) is 10.3 Å². The van der Waals surface area contributed by atoms with Crippen LogP contribution in [0.5, 0.6) is 0 Å². The van der Waals surface area contributed by atoms with Gasteiger partial charge in [-0.3, -0.25) is 9.78 Å². The quantitative estimate of drug-likeness (QED) is 0.780. The number of halogens is 1. The lowest BCUT2D eigenvalue weighted by Gasteiger charge is -2.19. The lowest BCUT2D eigenvalue weighted by atomic mass is 9.99. The van der Waals surface area contributed by atoms with Crippen LogP contribution in [-0.2, 0) is 0 Å². The average Bonchev–Trinajstić information content (AvgIpc) is 2.62.